The minimum absolute atomic E-state index is 0.126. The summed E-state index contributed by atoms with van der Waals surface area (Å²) in [6, 6.07) is 11.9. The highest BCUT2D eigenvalue weighted by atomic mass is 16.2. The second kappa shape index (κ2) is 5.88. The smallest absolute Gasteiger partial charge is 0.242 e. The number of fused-ring (bicyclic) bond motifs is 1. The van der Waals surface area contributed by atoms with Gasteiger partial charge in [-0.05, 0) is 18.2 Å². The molecule has 104 valence electrons. The van der Waals surface area contributed by atoms with Gasteiger partial charge < -0.3 is 15.5 Å². The lowest BCUT2D eigenvalue weighted by Crippen LogP contribution is -2.48. The molecule has 0 aliphatic carbocycles. The summed E-state index contributed by atoms with van der Waals surface area (Å²) in [5.74, 6) is 0.869. The lowest BCUT2D eigenvalue weighted by Gasteiger charge is -2.27. The van der Waals surface area contributed by atoms with Crippen molar-refractivity contribution in [1.29, 1.82) is 0 Å². The monoisotopic (exact) mass is 270 g/mol. The Bertz CT molecular complexity index is 608. The molecule has 3 rings (SSSR count). The molecule has 2 heterocycles. The number of para-hydroxylation sites is 1. The van der Waals surface area contributed by atoms with Crippen molar-refractivity contribution >= 4 is 22.6 Å². The Morgan fingerprint density at radius 2 is 2.00 bits per heavy atom. The zero-order valence-corrected chi connectivity index (χ0v) is 11.3. The first-order chi connectivity index (χ1) is 9.83. The summed E-state index contributed by atoms with van der Waals surface area (Å²) in [6.45, 7) is 3.61. The number of nitrogens with one attached hydrogen (secondary N) is 2. The van der Waals surface area contributed by atoms with Crippen LogP contribution < -0.4 is 10.6 Å². The van der Waals surface area contributed by atoms with Gasteiger partial charge >= 0.3 is 0 Å². The van der Waals surface area contributed by atoms with E-state index in [2.05, 4.69) is 15.6 Å². The number of hydrogen-bond donors (Lipinski definition) is 2. The van der Waals surface area contributed by atoms with Gasteiger partial charge in [-0.25, -0.2) is 4.98 Å². The predicted molar refractivity (Wildman–Crippen MR) is 79.7 cm³/mol. The summed E-state index contributed by atoms with van der Waals surface area (Å²) >= 11 is 0. The summed E-state index contributed by atoms with van der Waals surface area (Å²) in [7, 11) is 0. The number of hydrogen-bond acceptors (Lipinski definition) is 4. The van der Waals surface area contributed by atoms with Crippen molar-refractivity contribution in [2.24, 2.45) is 0 Å². The second-order valence-corrected chi connectivity index (χ2v) is 4.87. The first-order valence-electron chi connectivity index (χ1n) is 6.91. The van der Waals surface area contributed by atoms with Crippen LogP contribution in [0.15, 0.2) is 36.4 Å². The molecule has 0 saturated carbocycles. The van der Waals surface area contributed by atoms with Crippen molar-refractivity contribution in [1.82, 2.24) is 15.2 Å². The lowest BCUT2D eigenvalue weighted by atomic mass is 10.2. The topological polar surface area (TPSA) is 57.3 Å². The largest absolute Gasteiger partial charge is 0.361 e. The van der Waals surface area contributed by atoms with E-state index >= 15 is 0 Å². The quantitative estimate of drug-likeness (QED) is 0.876. The van der Waals surface area contributed by atoms with Crippen LogP contribution in [0.25, 0.3) is 10.9 Å². The highest BCUT2D eigenvalue weighted by Gasteiger charge is 2.15. The van der Waals surface area contributed by atoms with Gasteiger partial charge in [0.15, 0.2) is 0 Å². The zero-order valence-electron chi connectivity index (χ0n) is 11.3. The molecule has 1 amide bonds. The number of benzene rings is 1. The molecule has 1 aliphatic rings. The van der Waals surface area contributed by atoms with Crippen LogP contribution in [-0.2, 0) is 4.79 Å². The van der Waals surface area contributed by atoms with Gasteiger partial charge in [0.2, 0.25) is 5.91 Å². The molecule has 0 atom stereocenters. The average Bonchev–Trinajstić information content (AvgIpc) is 2.53. The van der Waals surface area contributed by atoms with Crippen molar-refractivity contribution in [3.63, 3.8) is 0 Å². The minimum Gasteiger partial charge on any atom is -0.361 e. The van der Waals surface area contributed by atoms with E-state index in [1.54, 1.807) is 0 Å². The van der Waals surface area contributed by atoms with E-state index in [1.165, 1.54) is 0 Å². The Kier molecular flexibility index (Phi) is 3.78. The van der Waals surface area contributed by atoms with E-state index in [-0.39, 0.29) is 5.91 Å². The van der Waals surface area contributed by atoms with Gasteiger partial charge in [0.1, 0.15) is 5.82 Å². The van der Waals surface area contributed by atoms with Crippen LogP contribution in [0.5, 0.6) is 0 Å². The molecule has 2 aromatic rings. The normalized spacial score (nSPS) is 15.3. The maximum absolute atomic E-state index is 12.0. The molecule has 1 aliphatic heterocycles. The van der Waals surface area contributed by atoms with Crippen molar-refractivity contribution < 1.29 is 4.79 Å². The van der Waals surface area contributed by atoms with Crippen molar-refractivity contribution in [3.05, 3.63) is 36.4 Å². The first kappa shape index (κ1) is 12.9. The third kappa shape index (κ3) is 2.88. The fourth-order valence-corrected chi connectivity index (χ4v) is 2.36. The van der Waals surface area contributed by atoms with Crippen LogP contribution in [-0.4, -0.2) is 48.5 Å². The second-order valence-electron chi connectivity index (χ2n) is 4.87. The lowest BCUT2D eigenvalue weighted by molar-refractivity contribution is -0.129. The highest BCUT2D eigenvalue weighted by Crippen LogP contribution is 2.14. The molecule has 20 heavy (non-hydrogen) atoms. The van der Waals surface area contributed by atoms with Crippen molar-refractivity contribution in [3.8, 4) is 0 Å². The molecular formula is C15H18N4O. The van der Waals surface area contributed by atoms with Crippen molar-refractivity contribution in [2.75, 3.05) is 38.0 Å². The SMILES string of the molecule is O=C(CNc1ccc2ccccc2n1)N1CCNCC1. The molecule has 1 fully saturated rings. The van der Waals surface area contributed by atoms with Crippen molar-refractivity contribution in [2.45, 2.75) is 0 Å². The first-order valence-corrected chi connectivity index (χ1v) is 6.91. The van der Waals surface area contributed by atoms with E-state index in [1.807, 2.05) is 41.3 Å². The maximum atomic E-state index is 12.0. The Morgan fingerprint density at radius 1 is 1.20 bits per heavy atom. The number of anilines is 1. The number of amides is 1. The third-order valence-corrected chi connectivity index (χ3v) is 3.49. The van der Waals surface area contributed by atoms with Gasteiger partial charge in [-0.1, -0.05) is 18.2 Å². The van der Waals surface area contributed by atoms with Gasteiger partial charge in [0.05, 0.1) is 12.1 Å². The third-order valence-electron chi connectivity index (χ3n) is 3.49. The minimum atomic E-state index is 0.126. The zero-order chi connectivity index (χ0) is 13.8. The summed E-state index contributed by atoms with van der Waals surface area (Å²) in [6.07, 6.45) is 0. The van der Waals surface area contributed by atoms with Gasteiger partial charge in [0, 0.05) is 31.6 Å². The molecule has 1 saturated heterocycles. The van der Waals surface area contributed by atoms with E-state index in [9.17, 15) is 4.79 Å². The van der Waals surface area contributed by atoms with E-state index < -0.39 is 0 Å². The van der Waals surface area contributed by atoms with E-state index in [4.69, 9.17) is 0 Å². The summed E-state index contributed by atoms with van der Waals surface area (Å²) in [4.78, 5) is 18.4. The Hall–Kier alpha value is -2.14. The van der Waals surface area contributed by atoms with E-state index in [0.717, 1.165) is 42.9 Å². The van der Waals surface area contributed by atoms with Crippen LogP contribution in [0.3, 0.4) is 0 Å². The molecular weight excluding hydrogens is 252 g/mol. The molecule has 5 heteroatoms. The fraction of sp³-hybridized carbons (Fsp3) is 0.333. The maximum Gasteiger partial charge on any atom is 0.242 e. The summed E-state index contributed by atoms with van der Waals surface area (Å²) in [5.41, 5.74) is 0.937. The fourth-order valence-electron chi connectivity index (χ4n) is 2.36. The molecule has 0 radical (unpaired) electrons. The molecule has 1 aromatic carbocycles. The molecule has 2 N–H and O–H groups in total. The molecule has 5 nitrogen and oxygen atoms in total. The van der Waals surface area contributed by atoms with Gasteiger partial charge in [-0.15, -0.1) is 0 Å². The molecule has 0 spiro atoms. The highest BCUT2D eigenvalue weighted by molar-refractivity contribution is 5.83. The van der Waals surface area contributed by atoms with Gasteiger partial charge in [-0.3, -0.25) is 4.79 Å². The van der Waals surface area contributed by atoms with Crippen LogP contribution in [0.1, 0.15) is 0 Å². The van der Waals surface area contributed by atoms with Crippen LogP contribution in [0.4, 0.5) is 5.82 Å². The standard InChI is InChI=1S/C15H18N4O/c20-15(19-9-7-16-8-10-19)11-17-14-6-5-12-3-1-2-4-13(12)18-14/h1-6,16H,7-11H2,(H,17,18). The average molecular weight is 270 g/mol. The number of carbonyl (C=O) groups excluding carboxylic acids is 1. The summed E-state index contributed by atoms with van der Waals surface area (Å²) in [5, 5.41) is 7.45. The van der Waals surface area contributed by atoms with Gasteiger partial charge in [-0.2, -0.15) is 0 Å². The van der Waals surface area contributed by atoms with Crippen LogP contribution in [0, 0.1) is 0 Å². The number of carbonyl (C=O) groups is 1. The number of rotatable bonds is 3. The van der Waals surface area contributed by atoms with Crippen LogP contribution >= 0.6 is 0 Å². The number of nitrogens with zero attached hydrogens (tertiary/aromatic N) is 2. The molecule has 1 aromatic heterocycles. The number of aromatic nitrogens is 1. The molecule has 0 unspecified atom stereocenters. The molecule has 0 bridgehead atoms. The van der Waals surface area contributed by atoms with Gasteiger partial charge in [0.25, 0.3) is 0 Å². The Morgan fingerprint density at radius 3 is 2.85 bits per heavy atom. The summed E-state index contributed by atoms with van der Waals surface area (Å²) < 4.78 is 0. The van der Waals surface area contributed by atoms with E-state index in [0.29, 0.717) is 6.54 Å². The Balaban J connectivity index is 1.62. The number of piperazine rings is 1. The number of pyridine rings is 1. The Labute approximate surface area is 118 Å². The predicted octanol–water partition coefficient (Wildman–Crippen LogP) is 1.08. The van der Waals surface area contributed by atoms with Crippen LogP contribution in [0.2, 0.25) is 0 Å².